The number of aromatic nitrogens is 1. The van der Waals surface area contributed by atoms with Crippen LogP contribution in [0.25, 0.3) is 0 Å². The van der Waals surface area contributed by atoms with Crippen molar-refractivity contribution in [3.8, 4) is 5.88 Å². The molecule has 1 N–H and O–H groups in total. The fraction of sp³-hybridized carbons (Fsp3) is 0.667. The number of likely N-dealkylation sites (tertiary alicyclic amines) is 2. The Bertz CT molecular complexity index is 558. The highest BCUT2D eigenvalue weighted by molar-refractivity contribution is 5.96. The first-order valence-corrected chi connectivity index (χ1v) is 8.90. The van der Waals surface area contributed by atoms with Crippen LogP contribution in [-0.2, 0) is 0 Å². The highest BCUT2D eigenvalue weighted by Crippen LogP contribution is 2.21. The maximum Gasteiger partial charge on any atom is 0.257 e. The number of hydrogen-bond acceptors (Lipinski definition) is 5. The number of carbonyl (C=O) groups excluding carboxylic acids is 1. The number of nitrogens with zero attached hydrogens (tertiary/aromatic N) is 3. The molecule has 132 valence electrons. The van der Waals surface area contributed by atoms with Gasteiger partial charge in [-0.05, 0) is 64.5 Å². The second kappa shape index (κ2) is 7.94. The smallest absolute Gasteiger partial charge is 0.257 e. The number of pyridine rings is 1. The molecular formula is C18H28N4O2. The van der Waals surface area contributed by atoms with Gasteiger partial charge in [0, 0.05) is 24.8 Å². The van der Waals surface area contributed by atoms with Gasteiger partial charge in [0.15, 0.2) is 0 Å². The quantitative estimate of drug-likeness (QED) is 0.903. The average Bonchev–Trinajstić information content (AvgIpc) is 2.62. The van der Waals surface area contributed by atoms with Gasteiger partial charge < -0.3 is 15.0 Å². The topological polar surface area (TPSA) is 57.7 Å². The highest BCUT2D eigenvalue weighted by atomic mass is 16.5. The van der Waals surface area contributed by atoms with Crippen molar-refractivity contribution in [3.63, 3.8) is 0 Å². The summed E-state index contributed by atoms with van der Waals surface area (Å²) in [6.07, 6.45) is 6.28. The van der Waals surface area contributed by atoms with E-state index in [1.54, 1.807) is 25.4 Å². The molecule has 1 aromatic rings. The Morgan fingerprint density at radius 3 is 2.83 bits per heavy atom. The monoisotopic (exact) mass is 332 g/mol. The number of amides is 1. The first-order valence-electron chi connectivity index (χ1n) is 8.90. The van der Waals surface area contributed by atoms with Gasteiger partial charge in [-0.2, -0.15) is 0 Å². The molecular weight excluding hydrogens is 304 g/mol. The summed E-state index contributed by atoms with van der Waals surface area (Å²) >= 11 is 0. The summed E-state index contributed by atoms with van der Waals surface area (Å²) in [6.45, 7) is 4.44. The lowest BCUT2D eigenvalue weighted by Crippen LogP contribution is -2.53. The normalized spacial score (nSPS) is 23.8. The van der Waals surface area contributed by atoms with Crippen LogP contribution in [0.2, 0.25) is 0 Å². The van der Waals surface area contributed by atoms with Crippen LogP contribution in [0.5, 0.6) is 5.88 Å². The lowest BCUT2D eigenvalue weighted by molar-refractivity contribution is 0.0764. The number of rotatable bonds is 4. The Balaban J connectivity index is 1.58. The third-order valence-corrected chi connectivity index (χ3v) is 5.20. The number of hydrogen-bond donors (Lipinski definition) is 1. The summed E-state index contributed by atoms with van der Waals surface area (Å²) in [5, 5.41) is 3.18. The van der Waals surface area contributed by atoms with E-state index in [1.165, 1.54) is 25.9 Å². The highest BCUT2D eigenvalue weighted by Gasteiger charge is 2.29. The number of carbonyl (C=O) groups is 1. The van der Waals surface area contributed by atoms with Crippen LogP contribution < -0.4 is 10.1 Å². The first kappa shape index (κ1) is 17.2. The maximum absolute atomic E-state index is 12.6. The van der Waals surface area contributed by atoms with E-state index in [0.29, 0.717) is 17.5 Å². The molecule has 0 radical (unpaired) electrons. The van der Waals surface area contributed by atoms with E-state index >= 15 is 0 Å². The Hall–Kier alpha value is -1.66. The van der Waals surface area contributed by atoms with Gasteiger partial charge in [0.1, 0.15) is 5.56 Å². The number of nitrogens with one attached hydrogen (secondary N) is 1. The Morgan fingerprint density at radius 1 is 1.29 bits per heavy atom. The van der Waals surface area contributed by atoms with Gasteiger partial charge in [-0.3, -0.25) is 9.69 Å². The molecule has 0 aromatic carbocycles. The molecule has 0 bridgehead atoms. The molecule has 3 heterocycles. The van der Waals surface area contributed by atoms with Crippen molar-refractivity contribution >= 4 is 5.91 Å². The largest absolute Gasteiger partial charge is 0.480 e. The van der Waals surface area contributed by atoms with Crippen LogP contribution in [0.4, 0.5) is 0 Å². The number of piperidine rings is 2. The van der Waals surface area contributed by atoms with Gasteiger partial charge in [-0.25, -0.2) is 4.98 Å². The first-order chi connectivity index (χ1) is 11.7. The second-order valence-electron chi connectivity index (χ2n) is 6.90. The molecule has 6 heteroatoms. The predicted octanol–water partition coefficient (Wildman–Crippen LogP) is 1.38. The van der Waals surface area contributed by atoms with Crippen LogP contribution in [0.15, 0.2) is 18.3 Å². The number of methoxy groups -OCH3 is 1. The minimum atomic E-state index is -0.0878. The van der Waals surface area contributed by atoms with Gasteiger partial charge in [-0.1, -0.05) is 0 Å². The number of ether oxygens (including phenoxy) is 1. The summed E-state index contributed by atoms with van der Waals surface area (Å²) in [7, 11) is 3.73. The molecule has 2 fully saturated rings. The van der Waals surface area contributed by atoms with E-state index in [1.807, 2.05) is 0 Å². The SMILES string of the molecule is COc1ncccc1C(=O)NC1CCCN(C2CCN(C)CC2)C1. The Kier molecular flexibility index (Phi) is 5.68. The van der Waals surface area contributed by atoms with E-state index in [0.717, 1.165) is 25.9 Å². The van der Waals surface area contributed by atoms with Crippen LogP contribution >= 0.6 is 0 Å². The summed E-state index contributed by atoms with van der Waals surface area (Å²) in [4.78, 5) is 21.6. The molecule has 2 aliphatic heterocycles. The molecule has 2 saturated heterocycles. The molecule has 0 saturated carbocycles. The third-order valence-electron chi connectivity index (χ3n) is 5.20. The fourth-order valence-electron chi connectivity index (χ4n) is 3.81. The summed E-state index contributed by atoms with van der Waals surface area (Å²) < 4.78 is 5.19. The summed E-state index contributed by atoms with van der Waals surface area (Å²) in [5.41, 5.74) is 0.511. The lowest BCUT2D eigenvalue weighted by Gasteiger charge is -2.41. The minimum Gasteiger partial charge on any atom is -0.480 e. The van der Waals surface area contributed by atoms with Gasteiger partial charge in [0.25, 0.3) is 5.91 Å². The fourth-order valence-corrected chi connectivity index (χ4v) is 3.81. The van der Waals surface area contributed by atoms with Crippen molar-refractivity contribution in [2.45, 2.75) is 37.8 Å². The summed E-state index contributed by atoms with van der Waals surface area (Å²) in [6, 6.07) is 4.40. The van der Waals surface area contributed by atoms with Crippen molar-refractivity contribution in [2.24, 2.45) is 0 Å². The van der Waals surface area contributed by atoms with E-state index in [4.69, 9.17) is 4.74 Å². The van der Waals surface area contributed by atoms with Crippen LogP contribution in [-0.4, -0.2) is 73.1 Å². The third kappa shape index (κ3) is 4.05. The van der Waals surface area contributed by atoms with Crippen LogP contribution in [0.3, 0.4) is 0 Å². The van der Waals surface area contributed by atoms with E-state index in [9.17, 15) is 4.79 Å². The van der Waals surface area contributed by atoms with Gasteiger partial charge in [0.2, 0.25) is 5.88 Å². The van der Waals surface area contributed by atoms with Gasteiger partial charge in [-0.15, -0.1) is 0 Å². The van der Waals surface area contributed by atoms with Crippen LogP contribution in [0, 0.1) is 0 Å². The average molecular weight is 332 g/mol. The molecule has 1 atom stereocenters. The van der Waals surface area contributed by atoms with Crippen molar-refractivity contribution < 1.29 is 9.53 Å². The summed E-state index contributed by atoms with van der Waals surface area (Å²) in [5.74, 6) is 0.299. The van der Waals surface area contributed by atoms with Gasteiger partial charge >= 0.3 is 0 Å². The lowest BCUT2D eigenvalue weighted by atomic mass is 9.98. The van der Waals surface area contributed by atoms with Crippen molar-refractivity contribution in [1.82, 2.24) is 20.1 Å². The van der Waals surface area contributed by atoms with Gasteiger partial charge in [0.05, 0.1) is 7.11 Å². The van der Waals surface area contributed by atoms with Crippen molar-refractivity contribution in [1.29, 1.82) is 0 Å². The zero-order valence-corrected chi connectivity index (χ0v) is 14.7. The molecule has 1 amide bonds. The molecule has 6 nitrogen and oxygen atoms in total. The molecule has 3 rings (SSSR count). The molecule has 0 spiro atoms. The van der Waals surface area contributed by atoms with Crippen molar-refractivity contribution in [2.75, 3.05) is 40.3 Å². The Labute approximate surface area is 144 Å². The zero-order chi connectivity index (χ0) is 16.9. The standard InChI is InChI=1S/C18H28N4O2/c1-21-11-7-15(8-12-21)22-10-4-5-14(13-22)20-17(23)16-6-3-9-19-18(16)24-2/h3,6,9,14-15H,4-5,7-8,10-13H2,1-2H3,(H,20,23). The van der Waals surface area contributed by atoms with Crippen molar-refractivity contribution in [3.05, 3.63) is 23.9 Å². The van der Waals surface area contributed by atoms with E-state index < -0.39 is 0 Å². The molecule has 1 aromatic heterocycles. The maximum atomic E-state index is 12.6. The molecule has 2 aliphatic rings. The van der Waals surface area contributed by atoms with Crippen LogP contribution in [0.1, 0.15) is 36.0 Å². The van der Waals surface area contributed by atoms with E-state index in [2.05, 4.69) is 27.1 Å². The predicted molar refractivity (Wildman–Crippen MR) is 93.4 cm³/mol. The molecule has 1 unspecified atom stereocenters. The van der Waals surface area contributed by atoms with E-state index in [-0.39, 0.29) is 11.9 Å². The molecule has 24 heavy (non-hydrogen) atoms. The Morgan fingerprint density at radius 2 is 2.08 bits per heavy atom. The second-order valence-corrected chi connectivity index (χ2v) is 6.90. The molecule has 0 aliphatic carbocycles. The zero-order valence-electron chi connectivity index (χ0n) is 14.7. The minimum absolute atomic E-state index is 0.0878.